The lowest BCUT2D eigenvalue weighted by molar-refractivity contribution is -0.682. The first-order valence-electron chi connectivity index (χ1n) is 4.83. The van der Waals surface area contributed by atoms with Crippen molar-refractivity contribution in [3.63, 3.8) is 0 Å². The summed E-state index contributed by atoms with van der Waals surface area (Å²) >= 11 is 5.71. The van der Waals surface area contributed by atoms with Crippen molar-refractivity contribution < 1.29 is 17.1 Å². The summed E-state index contributed by atoms with van der Waals surface area (Å²) in [5.74, 6) is 0. The Bertz CT molecular complexity index is 152. The van der Waals surface area contributed by atoms with Gasteiger partial charge >= 0.3 is 0 Å². The van der Waals surface area contributed by atoms with Gasteiger partial charge in [-0.1, -0.05) is 12.8 Å². The van der Waals surface area contributed by atoms with Gasteiger partial charge in [0, 0.05) is 0 Å². The standard InChI is InChI=1S/C9H18ClN2.ClH/c1-2-11(9-10)12-7-5-3-4-6-8-12;/h9H,2-8H2,1H3;1H/q+1;/p-1/b11-9-;. The number of halogens is 2. The minimum Gasteiger partial charge on any atom is -1.00 e. The molecule has 0 N–H and O–H groups in total. The minimum absolute atomic E-state index is 0. The number of hydrogen-bond donors (Lipinski definition) is 0. The molecule has 1 heterocycles. The van der Waals surface area contributed by atoms with E-state index in [2.05, 4.69) is 16.6 Å². The maximum absolute atomic E-state index is 5.71. The predicted octanol–water partition coefficient (Wildman–Crippen LogP) is -0.919. The smallest absolute Gasteiger partial charge is 0.261 e. The first kappa shape index (κ1) is 13.1. The molecule has 0 radical (unpaired) electrons. The molecule has 0 aliphatic carbocycles. The van der Waals surface area contributed by atoms with Crippen LogP contribution < -0.4 is 12.4 Å². The van der Waals surface area contributed by atoms with Crippen molar-refractivity contribution in [2.24, 2.45) is 0 Å². The second-order valence-corrected chi connectivity index (χ2v) is 3.42. The first-order chi connectivity index (χ1) is 5.88. The molecule has 13 heavy (non-hydrogen) atoms. The van der Waals surface area contributed by atoms with Gasteiger partial charge in [0.1, 0.15) is 0 Å². The van der Waals surface area contributed by atoms with Crippen LogP contribution in [0.25, 0.3) is 0 Å². The quantitative estimate of drug-likeness (QED) is 0.435. The molecule has 4 heteroatoms. The zero-order valence-electron chi connectivity index (χ0n) is 8.18. The summed E-state index contributed by atoms with van der Waals surface area (Å²) in [5, 5.41) is 2.35. The summed E-state index contributed by atoms with van der Waals surface area (Å²) in [6.45, 7) is 5.43. The van der Waals surface area contributed by atoms with E-state index in [9.17, 15) is 0 Å². The number of hydrogen-bond acceptors (Lipinski definition) is 1. The molecule has 1 aliphatic rings. The normalized spacial score (nSPS) is 19.2. The van der Waals surface area contributed by atoms with E-state index in [1.807, 2.05) is 0 Å². The third-order valence-corrected chi connectivity index (χ3v) is 2.61. The summed E-state index contributed by atoms with van der Waals surface area (Å²) in [6.07, 6.45) is 5.36. The predicted molar refractivity (Wildman–Crippen MR) is 52.8 cm³/mol. The van der Waals surface area contributed by atoms with Crippen LogP contribution in [0.3, 0.4) is 0 Å². The van der Waals surface area contributed by atoms with E-state index in [-0.39, 0.29) is 12.4 Å². The van der Waals surface area contributed by atoms with E-state index in [0.29, 0.717) is 0 Å². The average Bonchev–Trinajstić information content (AvgIpc) is 2.35. The molecule has 1 rings (SSSR count). The molecule has 0 unspecified atom stereocenters. The lowest BCUT2D eigenvalue weighted by Gasteiger charge is -2.16. The van der Waals surface area contributed by atoms with Crippen LogP contribution in [-0.4, -0.2) is 35.0 Å². The summed E-state index contributed by atoms with van der Waals surface area (Å²) < 4.78 is 2.10. The topological polar surface area (TPSA) is 6.25 Å². The Balaban J connectivity index is 0.00000144. The first-order valence-corrected chi connectivity index (χ1v) is 5.27. The van der Waals surface area contributed by atoms with E-state index in [1.165, 1.54) is 25.7 Å². The highest BCUT2D eigenvalue weighted by Gasteiger charge is 2.15. The summed E-state index contributed by atoms with van der Waals surface area (Å²) in [7, 11) is 0. The molecule has 0 bridgehead atoms. The van der Waals surface area contributed by atoms with E-state index >= 15 is 0 Å². The largest absolute Gasteiger partial charge is 1.00 e. The lowest BCUT2D eigenvalue weighted by atomic mass is 10.2. The lowest BCUT2D eigenvalue weighted by Crippen LogP contribution is -3.00. The summed E-state index contributed by atoms with van der Waals surface area (Å²) in [5.41, 5.74) is 1.66. The fraction of sp³-hybridized carbons (Fsp3) is 0.889. The third-order valence-electron chi connectivity index (χ3n) is 2.38. The maximum atomic E-state index is 5.71. The molecule has 78 valence electrons. The van der Waals surface area contributed by atoms with E-state index in [4.69, 9.17) is 11.6 Å². The SMILES string of the molecule is CC/[N+](=C/Cl)N1CCCCCC1.[Cl-]. The second-order valence-electron chi connectivity index (χ2n) is 3.22. The van der Waals surface area contributed by atoms with Crippen molar-refractivity contribution in [1.29, 1.82) is 0 Å². The van der Waals surface area contributed by atoms with Crippen LogP contribution in [0.4, 0.5) is 0 Å². The van der Waals surface area contributed by atoms with Gasteiger partial charge in [-0.25, -0.2) is 0 Å². The molecule has 0 aromatic rings. The Morgan fingerprint density at radius 2 is 1.77 bits per heavy atom. The van der Waals surface area contributed by atoms with Crippen LogP contribution in [0.2, 0.25) is 0 Å². The van der Waals surface area contributed by atoms with Gasteiger partial charge in [0.15, 0.2) is 6.54 Å². The Labute approximate surface area is 91.9 Å². The molecule has 0 aromatic carbocycles. The Morgan fingerprint density at radius 1 is 1.23 bits per heavy atom. The van der Waals surface area contributed by atoms with E-state index in [1.54, 1.807) is 5.67 Å². The van der Waals surface area contributed by atoms with Crippen LogP contribution in [-0.2, 0) is 0 Å². The molecule has 0 aromatic heterocycles. The molecular weight excluding hydrogens is 207 g/mol. The zero-order valence-corrected chi connectivity index (χ0v) is 9.69. The van der Waals surface area contributed by atoms with Crippen molar-refractivity contribution in [3.8, 4) is 0 Å². The fourth-order valence-electron chi connectivity index (χ4n) is 1.64. The number of rotatable bonds is 2. The van der Waals surface area contributed by atoms with E-state index < -0.39 is 0 Å². The third kappa shape index (κ3) is 4.19. The molecular formula is C9H18Cl2N2. The van der Waals surface area contributed by atoms with Gasteiger partial charge in [0.2, 0.25) is 0 Å². The van der Waals surface area contributed by atoms with Gasteiger partial charge in [-0.2, -0.15) is 5.01 Å². The summed E-state index contributed by atoms with van der Waals surface area (Å²) in [4.78, 5) is 0. The van der Waals surface area contributed by atoms with Crippen LogP contribution in [0, 0.1) is 0 Å². The van der Waals surface area contributed by atoms with Gasteiger partial charge in [-0.05, 0) is 31.4 Å². The molecule has 0 spiro atoms. The minimum atomic E-state index is 0. The van der Waals surface area contributed by atoms with Crippen molar-refractivity contribution in [2.45, 2.75) is 32.6 Å². The van der Waals surface area contributed by atoms with Crippen molar-refractivity contribution in [1.82, 2.24) is 5.01 Å². The Kier molecular flexibility index (Phi) is 7.48. The average molecular weight is 225 g/mol. The highest BCUT2D eigenvalue weighted by atomic mass is 35.5. The summed E-state index contributed by atoms with van der Waals surface area (Å²) in [6, 6.07) is 0. The fourth-order valence-corrected chi connectivity index (χ4v) is 1.90. The number of hydrazone groups is 1. The monoisotopic (exact) mass is 224 g/mol. The highest BCUT2D eigenvalue weighted by molar-refractivity contribution is 6.54. The van der Waals surface area contributed by atoms with Crippen LogP contribution in [0.5, 0.6) is 0 Å². The Morgan fingerprint density at radius 3 is 2.15 bits per heavy atom. The van der Waals surface area contributed by atoms with Gasteiger partial charge in [-0.3, -0.25) is 0 Å². The molecule has 2 nitrogen and oxygen atoms in total. The van der Waals surface area contributed by atoms with Crippen LogP contribution in [0.15, 0.2) is 0 Å². The van der Waals surface area contributed by atoms with Gasteiger partial charge in [0.05, 0.1) is 13.1 Å². The second kappa shape index (κ2) is 7.45. The molecule has 1 saturated heterocycles. The molecule has 1 aliphatic heterocycles. The molecule has 0 amide bonds. The molecule has 1 fully saturated rings. The maximum Gasteiger partial charge on any atom is 0.261 e. The highest BCUT2D eigenvalue weighted by Crippen LogP contribution is 2.09. The van der Waals surface area contributed by atoms with Gasteiger partial charge in [-0.15, -0.1) is 4.68 Å². The molecule has 0 atom stereocenters. The van der Waals surface area contributed by atoms with Crippen molar-refractivity contribution in [3.05, 3.63) is 0 Å². The van der Waals surface area contributed by atoms with E-state index in [0.717, 1.165) is 19.6 Å². The van der Waals surface area contributed by atoms with Gasteiger partial charge < -0.3 is 12.4 Å². The molecule has 0 saturated carbocycles. The van der Waals surface area contributed by atoms with Crippen molar-refractivity contribution >= 4 is 17.3 Å². The Hall–Kier alpha value is 0.0500. The number of hydrazine groups is 1. The van der Waals surface area contributed by atoms with Crippen molar-refractivity contribution in [2.75, 3.05) is 19.6 Å². The van der Waals surface area contributed by atoms with Crippen LogP contribution >= 0.6 is 11.6 Å². The zero-order chi connectivity index (χ0) is 8.81. The van der Waals surface area contributed by atoms with Crippen LogP contribution in [0.1, 0.15) is 32.6 Å². The van der Waals surface area contributed by atoms with Gasteiger partial charge in [0.25, 0.3) is 5.67 Å². The number of nitrogens with zero attached hydrogens (tertiary/aromatic N) is 2.